The predicted molar refractivity (Wildman–Crippen MR) is 63.2 cm³/mol. The van der Waals surface area contributed by atoms with Crippen LogP contribution >= 0.6 is 0 Å². The molecule has 1 saturated heterocycles. The van der Waals surface area contributed by atoms with Crippen molar-refractivity contribution in [1.82, 2.24) is 10.1 Å². The van der Waals surface area contributed by atoms with Crippen LogP contribution in [-0.4, -0.2) is 29.1 Å². The largest absolute Gasteiger partial charge is 0.369 e. The van der Waals surface area contributed by atoms with E-state index in [0.29, 0.717) is 0 Å². The lowest BCUT2D eigenvalue weighted by Gasteiger charge is -2.30. The third-order valence-electron chi connectivity index (χ3n) is 3.47. The number of amides is 1. The van der Waals surface area contributed by atoms with Gasteiger partial charge >= 0.3 is 0 Å². The second kappa shape index (κ2) is 4.87. The fraction of sp³-hybridized carbons (Fsp3) is 0.667. The number of hydrogen-bond donors (Lipinski definition) is 1. The Morgan fingerprint density at radius 3 is 2.94 bits per heavy atom. The third kappa shape index (κ3) is 2.66. The van der Waals surface area contributed by atoms with Gasteiger partial charge in [0.15, 0.2) is 0 Å². The van der Waals surface area contributed by atoms with E-state index >= 15 is 0 Å². The van der Waals surface area contributed by atoms with Crippen LogP contribution < -0.4 is 5.73 Å². The highest BCUT2D eigenvalue weighted by Gasteiger charge is 2.25. The lowest BCUT2D eigenvalue weighted by Crippen LogP contribution is -2.40. The molecule has 1 atom stereocenters. The van der Waals surface area contributed by atoms with Crippen molar-refractivity contribution < 1.29 is 9.32 Å². The molecule has 5 heteroatoms. The number of aryl methyl sites for hydroxylation is 2. The van der Waals surface area contributed by atoms with E-state index in [0.717, 1.165) is 49.5 Å². The summed E-state index contributed by atoms with van der Waals surface area (Å²) in [6.07, 6.45) is 1.93. The monoisotopic (exact) mass is 237 g/mol. The topological polar surface area (TPSA) is 72.4 Å². The van der Waals surface area contributed by atoms with Crippen molar-refractivity contribution >= 4 is 5.91 Å². The summed E-state index contributed by atoms with van der Waals surface area (Å²) in [5.74, 6) is 0.668. The lowest BCUT2D eigenvalue weighted by molar-refractivity contribution is -0.123. The van der Waals surface area contributed by atoms with Crippen LogP contribution in [0.15, 0.2) is 4.52 Å². The normalized spacial score (nSPS) is 21.6. The number of hydrogen-bond acceptors (Lipinski definition) is 4. The SMILES string of the molecule is Cc1noc(C)c1CN1CCCC(C(N)=O)C1. The molecule has 0 radical (unpaired) electrons. The van der Waals surface area contributed by atoms with E-state index in [1.165, 1.54) is 0 Å². The molecule has 0 aliphatic carbocycles. The van der Waals surface area contributed by atoms with Crippen LogP contribution in [0, 0.1) is 19.8 Å². The quantitative estimate of drug-likeness (QED) is 0.850. The number of nitrogens with zero attached hydrogens (tertiary/aromatic N) is 2. The zero-order valence-corrected chi connectivity index (χ0v) is 10.4. The first-order valence-electron chi connectivity index (χ1n) is 6.01. The Hall–Kier alpha value is -1.36. The Labute approximate surface area is 101 Å². The Morgan fingerprint density at radius 2 is 2.35 bits per heavy atom. The maximum Gasteiger partial charge on any atom is 0.221 e. The summed E-state index contributed by atoms with van der Waals surface area (Å²) in [6.45, 7) is 6.42. The molecular weight excluding hydrogens is 218 g/mol. The molecule has 94 valence electrons. The van der Waals surface area contributed by atoms with E-state index in [9.17, 15) is 4.79 Å². The minimum absolute atomic E-state index is 0.00998. The second-order valence-electron chi connectivity index (χ2n) is 4.78. The molecule has 1 fully saturated rings. The van der Waals surface area contributed by atoms with Gasteiger partial charge < -0.3 is 10.3 Å². The maximum absolute atomic E-state index is 11.2. The summed E-state index contributed by atoms with van der Waals surface area (Å²) >= 11 is 0. The van der Waals surface area contributed by atoms with E-state index in [4.69, 9.17) is 10.3 Å². The van der Waals surface area contributed by atoms with Gasteiger partial charge in [-0.15, -0.1) is 0 Å². The summed E-state index contributed by atoms with van der Waals surface area (Å²) in [5, 5.41) is 3.94. The number of carbonyl (C=O) groups excluding carboxylic acids is 1. The summed E-state index contributed by atoms with van der Waals surface area (Å²) in [5.41, 5.74) is 7.43. The number of likely N-dealkylation sites (tertiary alicyclic amines) is 1. The number of aromatic nitrogens is 1. The molecule has 1 aromatic rings. The van der Waals surface area contributed by atoms with Crippen molar-refractivity contribution in [3.63, 3.8) is 0 Å². The third-order valence-corrected chi connectivity index (χ3v) is 3.47. The molecule has 1 amide bonds. The van der Waals surface area contributed by atoms with Crippen LogP contribution in [0.1, 0.15) is 29.9 Å². The number of nitrogens with two attached hydrogens (primary N) is 1. The van der Waals surface area contributed by atoms with Gasteiger partial charge in [-0.2, -0.15) is 0 Å². The molecule has 0 bridgehead atoms. The van der Waals surface area contributed by atoms with Crippen molar-refractivity contribution in [2.24, 2.45) is 11.7 Å². The summed E-state index contributed by atoms with van der Waals surface area (Å²) in [6, 6.07) is 0. The molecule has 2 heterocycles. The molecule has 1 aromatic heterocycles. The lowest BCUT2D eigenvalue weighted by atomic mass is 9.97. The van der Waals surface area contributed by atoms with Crippen LogP contribution in [0.25, 0.3) is 0 Å². The zero-order valence-electron chi connectivity index (χ0n) is 10.4. The first-order chi connectivity index (χ1) is 8.08. The smallest absolute Gasteiger partial charge is 0.221 e. The van der Waals surface area contributed by atoms with Gasteiger partial charge in [0.2, 0.25) is 5.91 Å². The molecule has 17 heavy (non-hydrogen) atoms. The summed E-state index contributed by atoms with van der Waals surface area (Å²) < 4.78 is 5.14. The van der Waals surface area contributed by atoms with E-state index in [-0.39, 0.29) is 11.8 Å². The minimum Gasteiger partial charge on any atom is -0.369 e. The van der Waals surface area contributed by atoms with Crippen LogP contribution in [0.5, 0.6) is 0 Å². The molecule has 0 saturated carbocycles. The van der Waals surface area contributed by atoms with E-state index in [1.807, 2.05) is 13.8 Å². The highest BCUT2D eigenvalue weighted by atomic mass is 16.5. The molecule has 2 rings (SSSR count). The van der Waals surface area contributed by atoms with Crippen LogP contribution in [0.4, 0.5) is 0 Å². The minimum atomic E-state index is -0.187. The van der Waals surface area contributed by atoms with Gasteiger partial charge in [0.25, 0.3) is 0 Å². The summed E-state index contributed by atoms with van der Waals surface area (Å²) in [4.78, 5) is 13.5. The average molecular weight is 237 g/mol. The molecular formula is C12H19N3O2. The van der Waals surface area contributed by atoms with Gasteiger partial charge in [-0.25, -0.2) is 0 Å². The Kier molecular flexibility index (Phi) is 3.47. The van der Waals surface area contributed by atoms with Gasteiger partial charge in [0.1, 0.15) is 5.76 Å². The highest BCUT2D eigenvalue weighted by molar-refractivity contribution is 5.76. The van der Waals surface area contributed by atoms with Gasteiger partial charge in [-0.05, 0) is 33.2 Å². The van der Waals surface area contributed by atoms with E-state index < -0.39 is 0 Å². The van der Waals surface area contributed by atoms with Crippen LogP contribution in [0.2, 0.25) is 0 Å². The van der Waals surface area contributed by atoms with Crippen LogP contribution in [-0.2, 0) is 11.3 Å². The first kappa shape index (κ1) is 12.1. The Bertz CT molecular complexity index is 394. The fourth-order valence-corrected chi connectivity index (χ4v) is 2.38. The maximum atomic E-state index is 11.2. The first-order valence-corrected chi connectivity index (χ1v) is 6.01. The summed E-state index contributed by atoms with van der Waals surface area (Å²) in [7, 11) is 0. The Balaban J connectivity index is 2.02. The molecule has 1 aliphatic heterocycles. The van der Waals surface area contributed by atoms with Crippen molar-refractivity contribution in [3.8, 4) is 0 Å². The van der Waals surface area contributed by atoms with Gasteiger partial charge in [-0.1, -0.05) is 5.16 Å². The second-order valence-corrected chi connectivity index (χ2v) is 4.78. The van der Waals surface area contributed by atoms with E-state index in [1.54, 1.807) is 0 Å². The van der Waals surface area contributed by atoms with Crippen molar-refractivity contribution in [1.29, 1.82) is 0 Å². The highest BCUT2D eigenvalue weighted by Crippen LogP contribution is 2.21. The standard InChI is InChI=1S/C12H19N3O2/c1-8-11(9(2)17-14-8)7-15-5-3-4-10(6-15)12(13)16/h10H,3-7H2,1-2H3,(H2,13,16). The molecule has 5 nitrogen and oxygen atoms in total. The van der Waals surface area contributed by atoms with Crippen molar-refractivity contribution in [2.45, 2.75) is 33.2 Å². The predicted octanol–water partition coefficient (Wildman–Crippen LogP) is 0.989. The van der Waals surface area contributed by atoms with Gasteiger partial charge in [0, 0.05) is 18.7 Å². The van der Waals surface area contributed by atoms with Crippen molar-refractivity contribution in [2.75, 3.05) is 13.1 Å². The molecule has 0 aromatic carbocycles. The van der Waals surface area contributed by atoms with Crippen LogP contribution in [0.3, 0.4) is 0 Å². The van der Waals surface area contributed by atoms with Crippen molar-refractivity contribution in [3.05, 3.63) is 17.0 Å². The zero-order chi connectivity index (χ0) is 12.4. The molecule has 2 N–H and O–H groups in total. The fourth-order valence-electron chi connectivity index (χ4n) is 2.38. The van der Waals surface area contributed by atoms with Gasteiger partial charge in [-0.3, -0.25) is 9.69 Å². The van der Waals surface area contributed by atoms with E-state index in [2.05, 4.69) is 10.1 Å². The van der Waals surface area contributed by atoms with Gasteiger partial charge in [0.05, 0.1) is 11.6 Å². The molecule has 1 aliphatic rings. The number of rotatable bonds is 3. The Morgan fingerprint density at radius 1 is 1.59 bits per heavy atom. The molecule has 0 spiro atoms. The average Bonchev–Trinajstić information content (AvgIpc) is 2.61. The number of piperidine rings is 1. The number of carbonyl (C=O) groups is 1. The molecule has 1 unspecified atom stereocenters. The number of primary amides is 1.